The fraction of sp³-hybridized carbons (Fsp3) is 0.634. The standard InChI is InChI=1S/C71H93N5O11S2/c1-39-13-14-43-17-20-49-40(2)28-58(81)69(4,85)65-45(12-8-11-44(29-51(49)50(43)27-39)52-36-87-66(84)59(52)46-22-25-73-34-46)31-71(86)61-54(21-23-70(65,71)24-26-74-67(72)75-33-41-9-6-5-7-10-41)68(3)32-57(80)63(82)53-38-89-88-37-47(42-15-18-48(78)19-16-42)30-56(79)55(35-77)76-62(61)64(83)60(53)68/h5-7,9-10,15-19,22,25,34,39-40,44-45,47,49-55,57-60,63,65,73,76-78,80-82,85-86H,12-14,20-21,23-24,26-33,35-38H2,1-4H3,(H3,72,74,75)/t39-,40+,44-,45-,47+,49-,50-,51+,52-,53-,54-,55+,57-,58+,59+,60-,63+,65+,68+,69-,70-,71+/m0/s1. The molecule has 22 atom stereocenters. The Hall–Kier alpha value is -5.10. The first-order valence-corrected chi connectivity index (χ1v) is 35.4. The lowest BCUT2D eigenvalue weighted by atomic mass is 9.43. The Morgan fingerprint density at radius 2 is 1.69 bits per heavy atom. The number of Topliss-reactive ketones (excluding diaryl/α,β-unsaturated/α-hetero) is 2. The molecule has 2 saturated heterocycles. The summed E-state index contributed by atoms with van der Waals surface area (Å²) in [5, 5.41) is 95.0. The highest BCUT2D eigenvalue weighted by atomic mass is 33.1. The van der Waals surface area contributed by atoms with Gasteiger partial charge in [0.2, 0.25) is 0 Å². The molecule has 3 aromatic rings. The van der Waals surface area contributed by atoms with Crippen LogP contribution in [0.1, 0.15) is 140 Å². The number of carbonyl (C=O) groups is 3. The van der Waals surface area contributed by atoms with Crippen LogP contribution in [-0.2, 0) is 25.7 Å². The highest BCUT2D eigenvalue weighted by Gasteiger charge is 2.75. The van der Waals surface area contributed by atoms with Crippen molar-refractivity contribution in [3.8, 4) is 17.6 Å². The molecule has 89 heavy (non-hydrogen) atoms. The number of benzene rings is 2. The number of nitrogens with zero attached hydrogens (tertiary/aromatic N) is 1. The van der Waals surface area contributed by atoms with Crippen LogP contribution in [0, 0.1) is 93.7 Å². The summed E-state index contributed by atoms with van der Waals surface area (Å²) < 4.78 is 6.00. The number of aliphatic hydroxyl groups excluding tert-OH is 4. The van der Waals surface area contributed by atoms with Gasteiger partial charge in [0.05, 0.1) is 60.9 Å². The van der Waals surface area contributed by atoms with Crippen molar-refractivity contribution < 1.29 is 54.9 Å². The van der Waals surface area contributed by atoms with E-state index in [1.807, 2.05) is 55.7 Å². The largest absolute Gasteiger partial charge is 0.508 e. The molecule has 0 radical (unpaired) electrons. The second kappa shape index (κ2) is 25.8. The molecule has 0 spiro atoms. The Bertz CT molecular complexity index is 3240. The summed E-state index contributed by atoms with van der Waals surface area (Å²) in [7, 11) is 3.00. The lowest BCUT2D eigenvalue weighted by molar-refractivity contribution is -0.194. The molecule has 2 aromatic carbocycles. The van der Waals surface area contributed by atoms with Gasteiger partial charge in [0.1, 0.15) is 11.8 Å². The molecule has 3 heterocycles. The molecule has 16 nitrogen and oxygen atoms in total. The molecule has 4 saturated carbocycles. The van der Waals surface area contributed by atoms with Crippen molar-refractivity contribution >= 4 is 45.1 Å². The van der Waals surface area contributed by atoms with Crippen LogP contribution in [0.3, 0.4) is 0 Å². The van der Waals surface area contributed by atoms with Crippen LogP contribution in [0.4, 0.5) is 0 Å². The summed E-state index contributed by atoms with van der Waals surface area (Å²) in [6, 6.07) is 17.1. The molecule has 1 aromatic heterocycles. The monoisotopic (exact) mass is 1260 g/mol. The third-order valence-electron chi connectivity index (χ3n) is 24.0. The Morgan fingerprint density at radius 1 is 0.910 bits per heavy atom. The van der Waals surface area contributed by atoms with E-state index in [-0.39, 0.29) is 116 Å². The highest BCUT2D eigenvalue weighted by Crippen LogP contribution is 2.73. The fourth-order valence-electron chi connectivity index (χ4n) is 19.7. The van der Waals surface area contributed by atoms with E-state index in [9.17, 15) is 40.2 Å². The number of hydrogen-bond acceptors (Lipinski definition) is 15. The maximum absolute atomic E-state index is 16.4. The third kappa shape index (κ3) is 11.7. The van der Waals surface area contributed by atoms with Gasteiger partial charge in [-0.2, -0.15) is 0 Å². The number of aromatic amines is 1. The quantitative estimate of drug-likeness (QED) is 0.0241. The number of cyclic esters (lactones) is 1. The van der Waals surface area contributed by atoms with E-state index in [0.29, 0.717) is 48.3 Å². The topological polar surface area (TPSA) is 280 Å². The van der Waals surface area contributed by atoms with Crippen LogP contribution in [-0.4, -0.2) is 131 Å². The van der Waals surface area contributed by atoms with E-state index in [4.69, 9.17) is 15.5 Å². The number of fused-ring (bicyclic) bond motifs is 10. The van der Waals surface area contributed by atoms with Gasteiger partial charge in [-0.15, -0.1) is 5.92 Å². The van der Waals surface area contributed by atoms with Gasteiger partial charge in [-0.1, -0.05) is 102 Å². The molecule has 480 valence electrons. The van der Waals surface area contributed by atoms with Gasteiger partial charge in [-0.3, -0.25) is 14.4 Å². The number of carbonyl (C=O) groups excluding carboxylic acids is 3. The number of aromatic nitrogens is 1. The summed E-state index contributed by atoms with van der Waals surface area (Å²) in [5.41, 5.74) is 5.01. The van der Waals surface area contributed by atoms with Crippen molar-refractivity contribution in [3.05, 3.63) is 113 Å². The molecule has 7 aliphatic carbocycles. The number of ketones is 2. The predicted octanol–water partition coefficient (Wildman–Crippen LogP) is 8.07. The molecular weight excluding hydrogens is 1160 g/mol. The zero-order valence-electron chi connectivity index (χ0n) is 51.9. The van der Waals surface area contributed by atoms with Gasteiger partial charge in [0.15, 0.2) is 17.5 Å². The number of phenolic OH excluding ortho intramolecular Hbond substituents is 1. The van der Waals surface area contributed by atoms with E-state index >= 15 is 9.90 Å². The van der Waals surface area contributed by atoms with Crippen LogP contribution in [0.5, 0.6) is 5.75 Å². The number of phenols is 1. The summed E-state index contributed by atoms with van der Waals surface area (Å²) in [5.74, 6) is 3.46. The molecule has 0 unspecified atom stereocenters. The van der Waals surface area contributed by atoms with Gasteiger partial charge in [-0.25, -0.2) is 4.99 Å². The van der Waals surface area contributed by atoms with Crippen molar-refractivity contribution in [2.75, 3.05) is 31.3 Å². The summed E-state index contributed by atoms with van der Waals surface area (Å²) >= 11 is 0. The van der Waals surface area contributed by atoms with Crippen molar-refractivity contribution in [2.24, 2.45) is 92.6 Å². The van der Waals surface area contributed by atoms with Gasteiger partial charge < -0.3 is 61.8 Å². The number of aromatic hydroxyl groups is 1. The smallest absolute Gasteiger partial charge is 0.313 e. The first-order valence-electron chi connectivity index (χ1n) is 32.9. The molecule has 12 rings (SSSR count). The van der Waals surface area contributed by atoms with Crippen LogP contribution in [0.15, 0.2) is 101 Å². The van der Waals surface area contributed by atoms with Crippen molar-refractivity contribution in [1.82, 2.24) is 15.6 Å². The number of guanidine groups is 1. The van der Waals surface area contributed by atoms with Gasteiger partial charge in [0, 0.05) is 84.2 Å². The molecule has 2 bridgehead atoms. The highest BCUT2D eigenvalue weighted by molar-refractivity contribution is 8.76. The van der Waals surface area contributed by atoms with E-state index in [0.717, 1.165) is 48.8 Å². The first-order chi connectivity index (χ1) is 42.7. The minimum atomic E-state index is -1.96. The number of allylic oxidation sites excluding steroid dienone is 3. The number of aliphatic imine (C=N–C) groups is 1. The fourth-order valence-corrected chi connectivity index (χ4v) is 22.4. The number of esters is 1. The number of rotatable bonds is 9. The van der Waals surface area contributed by atoms with Crippen LogP contribution < -0.4 is 16.4 Å². The maximum Gasteiger partial charge on any atom is 0.313 e. The molecule has 0 amide bonds. The average molecular weight is 1260 g/mol. The molecule has 2 aliphatic heterocycles. The number of H-pyrrole nitrogens is 1. The molecular formula is C71H93N5O11S2. The maximum atomic E-state index is 16.4. The zero-order valence-corrected chi connectivity index (χ0v) is 53.6. The van der Waals surface area contributed by atoms with Crippen LogP contribution >= 0.6 is 21.6 Å². The number of aliphatic hydroxyl groups is 6. The second-order valence-electron chi connectivity index (χ2n) is 28.9. The normalized spacial score (nSPS) is 41.8. The Morgan fingerprint density at radius 3 is 2.44 bits per heavy atom. The van der Waals surface area contributed by atoms with Gasteiger partial charge >= 0.3 is 5.97 Å². The SMILES string of the molecule is C[C@H]1CCC2=CC[C@@H]3[C@@H](C[C@@H]([C@@H]4COC(=O)[C@@H]4c4cc[nH]c4)C#CC[C@H]4C[C@@]5(O)C6=C7N[C@H](CO)C(=O)C[C@@H](c8ccc(O)cc8)CSSC[C@@H]8[C@@H](O)[C@@H](O)C[C@@](C)([C@@H]8C7=O)[C@H]6CC[C@]5(CCNC(N)=NCc5ccccc5)[C@H]4[C@@](C)(O)[C@H](O)C[C@H]3C)[C@H]2C1. The molecule has 6 fully saturated rings. The van der Waals surface area contributed by atoms with E-state index in [1.54, 1.807) is 31.2 Å². The number of hydrogen-bond donors (Lipinski definition) is 11. The van der Waals surface area contributed by atoms with E-state index < -0.39 is 94.3 Å². The molecule has 9 aliphatic rings. The van der Waals surface area contributed by atoms with Crippen LogP contribution in [0.2, 0.25) is 0 Å². The Kier molecular flexibility index (Phi) is 18.5. The van der Waals surface area contributed by atoms with Crippen molar-refractivity contribution in [1.29, 1.82) is 0 Å². The van der Waals surface area contributed by atoms with E-state index in [2.05, 4.69) is 47.4 Å². The van der Waals surface area contributed by atoms with Gasteiger partial charge in [0.25, 0.3) is 0 Å². The van der Waals surface area contributed by atoms with Crippen molar-refractivity contribution in [2.45, 2.75) is 165 Å². The first kappa shape index (κ1) is 64.0. The van der Waals surface area contributed by atoms with E-state index in [1.165, 1.54) is 27.2 Å². The van der Waals surface area contributed by atoms with Crippen molar-refractivity contribution in [3.63, 3.8) is 0 Å². The summed E-state index contributed by atoms with van der Waals surface area (Å²) in [6.07, 6.45) is 8.48. The average Bonchev–Trinajstić information content (AvgIpc) is 1.62. The second-order valence-corrected chi connectivity index (χ2v) is 31.5. The zero-order chi connectivity index (χ0) is 62.7. The summed E-state index contributed by atoms with van der Waals surface area (Å²) in [6.45, 7) is 8.31. The lowest BCUT2D eigenvalue weighted by Gasteiger charge is -2.63. The minimum Gasteiger partial charge on any atom is -0.508 e. The van der Waals surface area contributed by atoms with Crippen LogP contribution in [0.25, 0.3) is 0 Å². The molecule has 12 N–H and O–H groups in total. The Labute approximate surface area is 532 Å². The summed E-state index contributed by atoms with van der Waals surface area (Å²) in [4.78, 5) is 53.2. The third-order valence-corrected chi connectivity index (χ3v) is 26.5. The minimum absolute atomic E-state index is 0.00465. The lowest BCUT2D eigenvalue weighted by Crippen LogP contribution is -2.67. The molecule has 18 heteroatoms. The predicted molar refractivity (Wildman–Crippen MR) is 344 cm³/mol. The Balaban J connectivity index is 1.02. The van der Waals surface area contributed by atoms with Gasteiger partial charge in [-0.05, 0) is 165 Å². The number of ether oxygens (including phenoxy) is 1. The number of nitrogens with one attached hydrogen (secondary N) is 3. The number of nitrogens with two attached hydrogens (primary N) is 1.